The second-order valence-corrected chi connectivity index (χ2v) is 6.78. The van der Waals surface area contributed by atoms with Gasteiger partial charge >= 0.3 is 6.18 Å². The number of anilines is 1. The van der Waals surface area contributed by atoms with Gasteiger partial charge in [-0.05, 0) is 32.0 Å². The quantitative estimate of drug-likeness (QED) is 0.643. The lowest BCUT2D eigenvalue weighted by Gasteiger charge is -2.20. The molecule has 1 aromatic heterocycles. The van der Waals surface area contributed by atoms with Crippen molar-refractivity contribution >= 4 is 34.8 Å². The Bertz CT molecular complexity index is 811. The van der Waals surface area contributed by atoms with Crippen molar-refractivity contribution in [2.24, 2.45) is 5.41 Å². The third-order valence-corrected chi connectivity index (χ3v) is 4.33. The number of hydrogen-bond donors (Lipinski definition) is 1. The summed E-state index contributed by atoms with van der Waals surface area (Å²) in [5, 5.41) is 2.42. The van der Waals surface area contributed by atoms with E-state index in [2.05, 4.69) is 10.3 Å². The van der Waals surface area contributed by atoms with Gasteiger partial charge < -0.3 is 10.1 Å². The van der Waals surface area contributed by atoms with Crippen LogP contribution in [0.2, 0.25) is 5.02 Å². The Balaban J connectivity index is 2.18. The van der Waals surface area contributed by atoms with Gasteiger partial charge in [0.2, 0.25) is 11.8 Å². The van der Waals surface area contributed by atoms with Crippen LogP contribution in [0, 0.1) is 5.41 Å². The van der Waals surface area contributed by atoms with E-state index in [0.29, 0.717) is 11.9 Å². The Kier molecular flexibility index (Phi) is 6.03. The van der Waals surface area contributed by atoms with Gasteiger partial charge in [-0.15, -0.1) is 11.6 Å². The first-order valence-corrected chi connectivity index (χ1v) is 8.32. The monoisotopic (exact) mass is 406 g/mol. The first-order valence-electron chi connectivity index (χ1n) is 7.41. The minimum absolute atomic E-state index is 0.139. The van der Waals surface area contributed by atoms with Gasteiger partial charge in [-0.1, -0.05) is 17.7 Å². The van der Waals surface area contributed by atoms with E-state index in [1.807, 2.05) is 0 Å². The van der Waals surface area contributed by atoms with Crippen LogP contribution in [0.1, 0.15) is 19.4 Å². The Hall–Kier alpha value is -1.99. The molecule has 1 amide bonds. The maximum absolute atomic E-state index is 12.6. The highest BCUT2D eigenvalue weighted by Gasteiger charge is 2.32. The van der Waals surface area contributed by atoms with Gasteiger partial charge in [0.1, 0.15) is 10.8 Å². The van der Waals surface area contributed by atoms with Crippen molar-refractivity contribution in [2.45, 2.75) is 20.0 Å². The largest absolute Gasteiger partial charge is 0.437 e. The van der Waals surface area contributed by atoms with Crippen molar-refractivity contribution in [1.82, 2.24) is 4.98 Å². The predicted molar refractivity (Wildman–Crippen MR) is 93.9 cm³/mol. The van der Waals surface area contributed by atoms with E-state index >= 15 is 0 Å². The lowest BCUT2D eigenvalue weighted by Crippen LogP contribution is -2.32. The highest BCUT2D eigenvalue weighted by Crippen LogP contribution is 2.35. The van der Waals surface area contributed by atoms with Crippen LogP contribution in [0.4, 0.5) is 18.9 Å². The normalized spacial score (nSPS) is 12.0. The summed E-state index contributed by atoms with van der Waals surface area (Å²) in [6.07, 6.45) is -3.91. The fourth-order valence-corrected chi connectivity index (χ4v) is 2.09. The molecular weight excluding hydrogens is 392 g/mol. The Morgan fingerprint density at radius 3 is 2.54 bits per heavy atom. The number of benzene rings is 1. The summed E-state index contributed by atoms with van der Waals surface area (Å²) in [6, 6.07) is 7.03. The smallest absolute Gasteiger partial charge is 0.417 e. The Labute approximate surface area is 158 Å². The summed E-state index contributed by atoms with van der Waals surface area (Å²) in [4.78, 5) is 15.7. The number of nitrogens with zero attached hydrogens (tertiary/aromatic N) is 1. The van der Waals surface area contributed by atoms with Gasteiger partial charge in [-0.25, -0.2) is 4.98 Å². The van der Waals surface area contributed by atoms with Crippen LogP contribution in [0.25, 0.3) is 0 Å². The number of rotatable bonds is 5. The number of carbonyl (C=O) groups excluding carboxylic acids is 1. The van der Waals surface area contributed by atoms with Crippen molar-refractivity contribution in [2.75, 3.05) is 11.2 Å². The Morgan fingerprint density at radius 2 is 1.96 bits per heavy atom. The van der Waals surface area contributed by atoms with E-state index in [0.717, 1.165) is 6.07 Å². The fourth-order valence-electron chi connectivity index (χ4n) is 1.77. The molecule has 26 heavy (non-hydrogen) atoms. The molecule has 0 aliphatic heterocycles. The molecule has 0 saturated heterocycles. The molecule has 0 aliphatic carbocycles. The van der Waals surface area contributed by atoms with Crippen LogP contribution in [-0.2, 0) is 11.0 Å². The van der Waals surface area contributed by atoms with Crippen molar-refractivity contribution in [3.63, 3.8) is 0 Å². The maximum Gasteiger partial charge on any atom is 0.417 e. The van der Waals surface area contributed by atoms with Crippen LogP contribution in [-0.4, -0.2) is 16.8 Å². The van der Waals surface area contributed by atoms with Gasteiger partial charge in [-0.2, -0.15) is 13.2 Å². The predicted octanol–water partition coefficient (Wildman–Crippen LogP) is 5.75. The van der Waals surface area contributed by atoms with Crippen molar-refractivity contribution in [3.05, 3.63) is 47.1 Å². The van der Waals surface area contributed by atoms with Crippen molar-refractivity contribution in [1.29, 1.82) is 0 Å². The molecule has 0 saturated carbocycles. The Morgan fingerprint density at radius 1 is 1.27 bits per heavy atom. The summed E-state index contributed by atoms with van der Waals surface area (Å²) >= 11 is 11.6. The van der Waals surface area contributed by atoms with Crippen LogP contribution < -0.4 is 10.1 Å². The molecule has 9 heteroatoms. The fraction of sp³-hybridized carbons (Fsp3) is 0.294. The van der Waals surface area contributed by atoms with Crippen molar-refractivity contribution in [3.8, 4) is 11.6 Å². The molecule has 0 bridgehead atoms. The van der Waals surface area contributed by atoms with E-state index in [9.17, 15) is 18.0 Å². The zero-order chi connectivity index (χ0) is 19.5. The van der Waals surface area contributed by atoms with E-state index < -0.39 is 17.2 Å². The van der Waals surface area contributed by atoms with Gasteiger partial charge in [0.05, 0.1) is 11.0 Å². The maximum atomic E-state index is 12.6. The summed E-state index contributed by atoms with van der Waals surface area (Å²) in [6.45, 7) is 3.39. The van der Waals surface area contributed by atoms with Gasteiger partial charge in [0.25, 0.3) is 0 Å². The minimum Gasteiger partial charge on any atom is -0.437 e. The standard InChI is InChI=1S/C17H15Cl2F3N2O2/c1-16(2,9-18)15(25)24-11-4-3-5-12(7-11)26-14-13(19)6-10(8-23-14)17(20,21)22/h3-8H,9H2,1-2H3,(H,24,25). The van der Waals surface area contributed by atoms with Crippen LogP contribution in [0.5, 0.6) is 11.6 Å². The van der Waals surface area contributed by atoms with E-state index in [1.54, 1.807) is 32.0 Å². The van der Waals surface area contributed by atoms with Gasteiger partial charge in [0, 0.05) is 23.8 Å². The number of ether oxygens (including phenoxy) is 1. The van der Waals surface area contributed by atoms with Gasteiger partial charge in [-0.3, -0.25) is 4.79 Å². The number of carbonyl (C=O) groups is 1. The third-order valence-electron chi connectivity index (χ3n) is 3.39. The number of amides is 1. The SMILES string of the molecule is CC(C)(CCl)C(=O)Nc1cccc(Oc2ncc(C(F)(F)F)cc2Cl)c1. The van der Waals surface area contributed by atoms with Crippen molar-refractivity contribution < 1.29 is 22.7 Å². The molecule has 0 atom stereocenters. The zero-order valence-corrected chi connectivity index (χ0v) is 15.3. The number of aromatic nitrogens is 1. The summed E-state index contributed by atoms with van der Waals surface area (Å²) in [5.41, 5.74) is -1.30. The molecule has 1 heterocycles. The van der Waals surface area contributed by atoms with E-state index in [-0.39, 0.29) is 28.4 Å². The molecule has 1 aromatic carbocycles. The number of halogens is 5. The van der Waals surface area contributed by atoms with Crippen LogP contribution >= 0.6 is 23.2 Å². The molecular formula is C17H15Cl2F3N2O2. The highest BCUT2D eigenvalue weighted by molar-refractivity contribution is 6.31. The first kappa shape index (κ1) is 20.3. The first-order chi connectivity index (χ1) is 12.0. The molecule has 0 aliphatic rings. The number of pyridine rings is 1. The lowest BCUT2D eigenvalue weighted by molar-refractivity contribution is -0.137. The average Bonchev–Trinajstić information content (AvgIpc) is 2.56. The average molecular weight is 407 g/mol. The van der Waals surface area contributed by atoms with E-state index in [4.69, 9.17) is 27.9 Å². The number of hydrogen-bond acceptors (Lipinski definition) is 3. The second-order valence-electron chi connectivity index (χ2n) is 6.11. The van der Waals surface area contributed by atoms with Crippen LogP contribution in [0.3, 0.4) is 0 Å². The molecule has 0 unspecified atom stereocenters. The summed E-state index contributed by atoms with van der Waals surface area (Å²) < 4.78 is 43.3. The molecule has 2 aromatic rings. The second kappa shape index (κ2) is 7.72. The summed E-state index contributed by atoms with van der Waals surface area (Å²) in [5.74, 6) is -0.0691. The minimum atomic E-state index is -4.55. The van der Waals surface area contributed by atoms with Gasteiger partial charge in [0.15, 0.2) is 0 Å². The molecule has 2 rings (SSSR count). The lowest BCUT2D eigenvalue weighted by atomic mass is 9.95. The van der Waals surface area contributed by atoms with Crippen LogP contribution in [0.15, 0.2) is 36.5 Å². The third kappa shape index (κ3) is 5.02. The molecule has 0 fully saturated rings. The summed E-state index contributed by atoms with van der Waals surface area (Å²) in [7, 11) is 0. The topological polar surface area (TPSA) is 51.2 Å². The molecule has 0 spiro atoms. The van der Waals surface area contributed by atoms with E-state index in [1.165, 1.54) is 6.07 Å². The number of nitrogens with one attached hydrogen (secondary N) is 1. The number of alkyl halides is 4. The molecule has 1 N–H and O–H groups in total. The zero-order valence-electron chi connectivity index (χ0n) is 13.8. The molecule has 4 nitrogen and oxygen atoms in total. The highest BCUT2D eigenvalue weighted by atomic mass is 35.5. The molecule has 140 valence electrons. The molecule has 0 radical (unpaired) electrons.